The van der Waals surface area contributed by atoms with Gasteiger partial charge in [-0.1, -0.05) is 47.5 Å². The molecule has 2 aromatic carbocycles. The molecule has 2 amide bonds. The lowest BCUT2D eigenvalue weighted by Gasteiger charge is -2.07. The normalized spacial score (nSPS) is 10.4. The summed E-state index contributed by atoms with van der Waals surface area (Å²) in [7, 11) is 1.56. The number of hydrogen-bond acceptors (Lipinski definition) is 3. The molecule has 1 aromatic heterocycles. The summed E-state index contributed by atoms with van der Waals surface area (Å²) in [4.78, 5) is 12.2. The smallest absolute Gasteiger partial charge is 0.324 e. The van der Waals surface area contributed by atoms with Gasteiger partial charge in [0.05, 0.1) is 13.7 Å². The summed E-state index contributed by atoms with van der Waals surface area (Å²) < 4.78 is 6.74. The Labute approximate surface area is 160 Å². The quantitative estimate of drug-likeness (QED) is 0.651. The number of carbonyl (C=O) groups excluding carboxylic acids is 1. The maximum atomic E-state index is 12.2. The van der Waals surface area contributed by atoms with Crippen LogP contribution in [0, 0.1) is 0 Å². The van der Waals surface area contributed by atoms with E-state index in [4.69, 9.17) is 27.9 Å². The van der Waals surface area contributed by atoms with E-state index in [0.717, 1.165) is 5.56 Å². The van der Waals surface area contributed by atoms with Crippen molar-refractivity contribution in [2.24, 2.45) is 0 Å². The highest BCUT2D eigenvalue weighted by atomic mass is 35.5. The van der Waals surface area contributed by atoms with E-state index in [1.165, 1.54) is 0 Å². The predicted molar refractivity (Wildman–Crippen MR) is 103 cm³/mol. The molecule has 134 valence electrons. The molecule has 0 aliphatic heterocycles. The van der Waals surface area contributed by atoms with Crippen LogP contribution < -0.4 is 15.4 Å². The molecule has 0 aliphatic rings. The van der Waals surface area contributed by atoms with Gasteiger partial charge in [-0.15, -0.1) is 0 Å². The fourth-order valence-electron chi connectivity index (χ4n) is 2.33. The van der Waals surface area contributed by atoms with Crippen molar-refractivity contribution in [3.05, 3.63) is 70.3 Å². The zero-order chi connectivity index (χ0) is 18.5. The minimum Gasteiger partial charge on any atom is -0.497 e. The summed E-state index contributed by atoms with van der Waals surface area (Å²) in [6.07, 6.45) is 1.63. The van der Waals surface area contributed by atoms with E-state index < -0.39 is 6.03 Å². The number of aromatic nitrogens is 2. The van der Waals surface area contributed by atoms with Crippen molar-refractivity contribution in [1.82, 2.24) is 9.78 Å². The molecular weight excluding hydrogens is 375 g/mol. The van der Waals surface area contributed by atoms with Crippen molar-refractivity contribution in [2.45, 2.75) is 6.54 Å². The van der Waals surface area contributed by atoms with E-state index >= 15 is 0 Å². The third-order valence-electron chi connectivity index (χ3n) is 3.57. The maximum absolute atomic E-state index is 12.2. The zero-order valence-corrected chi connectivity index (χ0v) is 15.4. The monoisotopic (exact) mass is 390 g/mol. The van der Waals surface area contributed by atoms with E-state index in [0.29, 0.717) is 28.0 Å². The molecule has 0 aliphatic carbocycles. The first-order valence-corrected chi connectivity index (χ1v) is 8.49. The third kappa shape index (κ3) is 4.47. The largest absolute Gasteiger partial charge is 0.497 e. The minimum atomic E-state index is -0.455. The number of urea groups is 1. The first-order valence-electron chi connectivity index (χ1n) is 7.73. The molecule has 0 atom stereocenters. The van der Waals surface area contributed by atoms with Crippen molar-refractivity contribution in [1.29, 1.82) is 0 Å². The molecule has 26 heavy (non-hydrogen) atoms. The van der Waals surface area contributed by atoms with E-state index in [9.17, 15) is 4.79 Å². The number of rotatable bonds is 5. The number of hydrogen-bond donors (Lipinski definition) is 2. The second-order valence-electron chi connectivity index (χ2n) is 5.43. The second-order valence-corrected chi connectivity index (χ2v) is 6.24. The van der Waals surface area contributed by atoms with Gasteiger partial charge >= 0.3 is 6.03 Å². The Kier molecular flexibility index (Phi) is 5.65. The number of carbonyl (C=O) groups is 1. The molecular formula is C18H16Cl2N4O2. The van der Waals surface area contributed by atoms with Gasteiger partial charge in [-0.3, -0.25) is 10.00 Å². The number of anilines is 2. The van der Waals surface area contributed by atoms with Crippen LogP contribution in [-0.2, 0) is 6.54 Å². The van der Waals surface area contributed by atoms with Crippen molar-refractivity contribution in [3.8, 4) is 5.75 Å². The molecule has 0 fully saturated rings. The number of ether oxygens (including phenoxy) is 1. The Morgan fingerprint density at radius 1 is 1.12 bits per heavy atom. The van der Waals surface area contributed by atoms with Gasteiger partial charge in [0.15, 0.2) is 5.82 Å². The minimum absolute atomic E-state index is 0.263. The van der Waals surface area contributed by atoms with Crippen LogP contribution in [0.3, 0.4) is 0 Å². The van der Waals surface area contributed by atoms with Crippen molar-refractivity contribution in [3.63, 3.8) is 0 Å². The topological polar surface area (TPSA) is 68.2 Å². The number of nitrogens with zero attached hydrogens (tertiary/aromatic N) is 2. The van der Waals surface area contributed by atoms with Crippen LogP contribution in [0.15, 0.2) is 54.7 Å². The van der Waals surface area contributed by atoms with Crippen LogP contribution in [0.25, 0.3) is 0 Å². The molecule has 3 aromatic rings. The molecule has 6 nitrogen and oxygen atoms in total. The zero-order valence-electron chi connectivity index (χ0n) is 13.9. The lowest BCUT2D eigenvalue weighted by Crippen LogP contribution is -2.20. The van der Waals surface area contributed by atoms with Gasteiger partial charge in [0.1, 0.15) is 10.8 Å². The van der Waals surface area contributed by atoms with E-state index in [2.05, 4.69) is 15.7 Å². The van der Waals surface area contributed by atoms with E-state index in [1.807, 2.05) is 24.3 Å². The Bertz CT molecular complexity index is 927. The van der Waals surface area contributed by atoms with Gasteiger partial charge in [-0.05, 0) is 23.8 Å². The lowest BCUT2D eigenvalue weighted by atomic mass is 10.2. The molecule has 3 rings (SSSR count). The van der Waals surface area contributed by atoms with Crippen LogP contribution in [0.5, 0.6) is 5.75 Å². The molecule has 0 radical (unpaired) electrons. The molecule has 0 unspecified atom stereocenters. The van der Waals surface area contributed by atoms with Crippen LogP contribution >= 0.6 is 23.2 Å². The van der Waals surface area contributed by atoms with Crippen LogP contribution in [-0.4, -0.2) is 22.9 Å². The molecule has 8 heteroatoms. The van der Waals surface area contributed by atoms with Crippen molar-refractivity contribution >= 4 is 40.7 Å². The summed E-state index contributed by atoms with van der Waals surface area (Å²) in [5.41, 5.74) is 1.49. The lowest BCUT2D eigenvalue weighted by molar-refractivity contribution is 0.262. The number of halogens is 2. The summed E-state index contributed by atoms with van der Waals surface area (Å²) in [5.74, 6) is 0.906. The fourth-order valence-corrected chi connectivity index (χ4v) is 2.73. The van der Waals surface area contributed by atoms with Crippen LogP contribution in [0.4, 0.5) is 16.3 Å². The number of amides is 2. The Morgan fingerprint density at radius 3 is 2.69 bits per heavy atom. The average molecular weight is 391 g/mol. The maximum Gasteiger partial charge on any atom is 0.324 e. The molecule has 0 saturated carbocycles. The van der Waals surface area contributed by atoms with Crippen molar-refractivity contribution < 1.29 is 9.53 Å². The summed E-state index contributed by atoms with van der Waals surface area (Å²) >= 11 is 12.3. The average Bonchev–Trinajstić information content (AvgIpc) is 2.96. The van der Waals surface area contributed by atoms with E-state index in [1.54, 1.807) is 42.3 Å². The van der Waals surface area contributed by atoms with Crippen LogP contribution in [0.2, 0.25) is 10.0 Å². The van der Waals surface area contributed by atoms with Gasteiger partial charge in [-0.25, -0.2) is 4.79 Å². The van der Waals surface area contributed by atoms with Crippen LogP contribution in [0.1, 0.15) is 5.56 Å². The van der Waals surface area contributed by atoms with Gasteiger partial charge in [-0.2, -0.15) is 5.10 Å². The van der Waals surface area contributed by atoms with Gasteiger partial charge in [0, 0.05) is 23.0 Å². The second kappa shape index (κ2) is 8.12. The molecule has 2 N–H and O–H groups in total. The Morgan fingerprint density at radius 2 is 1.92 bits per heavy atom. The highest BCUT2D eigenvalue weighted by Gasteiger charge is 2.12. The van der Waals surface area contributed by atoms with Gasteiger partial charge in [0.25, 0.3) is 0 Å². The fraction of sp³-hybridized carbons (Fsp3) is 0.111. The van der Waals surface area contributed by atoms with Crippen molar-refractivity contribution in [2.75, 3.05) is 17.7 Å². The Balaban J connectivity index is 1.67. The van der Waals surface area contributed by atoms with Gasteiger partial charge < -0.3 is 10.1 Å². The summed E-state index contributed by atoms with van der Waals surface area (Å²) in [6.45, 7) is 0.443. The number of benzene rings is 2. The molecule has 1 heterocycles. The van der Waals surface area contributed by atoms with E-state index in [-0.39, 0.29) is 5.82 Å². The highest BCUT2D eigenvalue weighted by molar-refractivity contribution is 6.33. The van der Waals surface area contributed by atoms with Gasteiger partial charge in [0.2, 0.25) is 0 Å². The highest BCUT2D eigenvalue weighted by Crippen LogP contribution is 2.23. The first kappa shape index (κ1) is 18.1. The molecule has 0 bridgehead atoms. The third-order valence-corrected chi connectivity index (χ3v) is 4.21. The Hall–Kier alpha value is -2.70. The number of methoxy groups -OCH3 is 1. The molecule has 0 spiro atoms. The summed E-state index contributed by atoms with van der Waals surface area (Å²) in [6, 6.07) is 14.0. The first-order chi connectivity index (χ1) is 12.5. The predicted octanol–water partition coefficient (Wildman–Crippen LogP) is 4.89. The molecule has 0 saturated heterocycles. The number of nitrogens with one attached hydrogen (secondary N) is 2. The SMILES string of the molecule is COc1cccc(NC(=O)Nc2nn(Cc3ccccc3Cl)cc2Cl)c1. The summed E-state index contributed by atoms with van der Waals surface area (Å²) in [5, 5.41) is 10.6. The standard InChI is InChI=1S/C18H16Cl2N4O2/c1-26-14-7-4-6-13(9-14)21-18(25)22-17-16(20)11-24(23-17)10-12-5-2-3-8-15(12)19/h2-9,11H,10H2,1H3,(H2,21,22,23,25).